The third-order valence-electron chi connectivity index (χ3n) is 4.47. The Morgan fingerprint density at radius 1 is 1.24 bits per heavy atom. The van der Waals surface area contributed by atoms with Crippen molar-refractivity contribution >= 4 is 28.7 Å². The number of hydrogen-bond donors (Lipinski definition) is 3. The van der Waals surface area contributed by atoms with Gasteiger partial charge >= 0.3 is 5.97 Å². The van der Waals surface area contributed by atoms with Crippen molar-refractivity contribution in [1.82, 2.24) is 0 Å². The predicted molar refractivity (Wildman–Crippen MR) is 110 cm³/mol. The highest BCUT2D eigenvalue weighted by Gasteiger charge is 2.31. The molecule has 2 aromatic rings. The lowest BCUT2D eigenvalue weighted by atomic mass is 9.85. The van der Waals surface area contributed by atoms with Crippen LogP contribution in [0.3, 0.4) is 0 Å². The van der Waals surface area contributed by atoms with Crippen molar-refractivity contribution in [3.63, 3.8) is 0 Å². The van der Waals surface area contributed by atoms with Crippen molar-refractivity contribution in [3.05, 3.63) is 58.1 Å². The van der Waals surface area contributed by atoms with Gasteiger partial charge in [-0.15, -0.1) is 0 Å². The number of rotatable bonds is 6. The van der Waals surface area contributed by atoms with E-state index >= 15 is 0 Å². The van der Waals surface area contributed by atoms with Crippen LogP contribution >= 0.6 is 11.6 Å². The molecule has 0 amide bonds. The van der Waals surface area contributed by atoms with E-state index in [1.54, 1.807) is 25.1 Å². The Bertz CT molecular complexity index is 1000. The Balaban J connectivity index is 2.46. The number of hydrogen-bond acceptors (Lipinski definition) is 4. The summed E-state index contributed by atoms with van der Waals surface area (Å²) in [5.74, 6) is 4.66. The molecule has 3 N–H and O–H groups in total. The highest BCUT2D eigenvalue weighted by Crippen LogP contribution is 2.33. The first-order valence-corrected chi connectivity index (χ1v) is 10.1. The first-order chi connectivity index (χ1) is 13.5. The molecule has 0 aliphatic heterocycles. The largest absolute Gasteiger partial charge is 0.481 e. The summed E-state index contributed by atoms with van der Waals surface area (Å²) in [5, 5.41) is 19.9. The zero-order valence-corrected chi connectivity index (χ0v) is 17.7. The van der Waals surface area contributed by atoms with Crippen LogP contribution in [-0.2, 0) is 21.5 Å². The lowest BCUT2D eigenvalue weighted by Gasteiger charge is -2.29. The van der Waals surface area contributed by atoms with E-state index in [0.717, 1.165) is 0 Å². The molecule has 0 bridgehead atoms. The lowest BCUT2D eigenvalue weighted by Crippen LogP contribution is -2.29. The van der Waals surface area contributed by atoms with Gasteiger partial charge in [0.05, 0.1) is 16.1 Å². The number of ether oxygens (including phenoxy) is 1. The number of aliphatic carboxylic acids is 1. The van der Waals surface area contributed by atoms with Gasteiger partial charge in [0.25, 0.3) is 0 Å². The second kappa shape index (κ2) is 9.42. The SMILES string of the molecule is CC(C)C(C)(O)c1ccc(C#Cc2cc(Cl)ccc2OCC(=O)O)cc1S(=O)O. The number of benzene rings is 2. The second-order valence-electron chi connectivity index (χ2n) is 6.84. The van der Waals surface area contributed by atoms with E-state index in [1.807, 2.05) is 13.8 Å². The zero-order chi connectivity index (χ0) is 21.8. The fraction of sp³-hybridized carbons (Fsp3) is 0.286. The Labute approximate surface area is 176 Å². The van der Waals surface area contributed by atoms with E-state index in [1.165, 1.54) is 18.2 Å². The van der Waals surface area contributed by atoms with Gasteiger partial charge in [-0.25, -0.2) is 9.00 Å². The number of carboxylic acid groups (broad SMARTS) is 1. The van der Waals surface area contributed by atoms with E-state index in [2.05, 4.69) is 11.8 Å². The molecule has 29 heavy (non-hydrogen) atoms. The smallest absolute Gasteiger partial charge is 0.341 e. The fourth-order valence-electron chi connectivity index (χ4n) is 2.48. The summed E-state index contributed by atoms with van der Waals surface area (Å²) in [7, 11) is 0. The topological polar surface area (TPSA) is 104 Å². The molecule has 0 fully saturated rings. The van der Waals surface area contributed by atoms with Crippen molar-refractivity contribution in [2.24, 2.45) is 5.92 Å². The first kappa shape index (κ1) is 22.9. The fourth-order valence-corrected chi connectivity index (χ4v) is 3.34. The average molecular weight is 437 g/mol. The maximum absolute atomic E-state index is 11.8. The molecule has 0 aromatic heterocycles. The van der Waals surface area contributed by atoms with Crippen LogP contribution < -0.4 is 4.74 Å². The van der Waals surface area contributed by atoms with Gasteiger partial charge in [-0.1, -0.05) is 43.4 Å². The standard InChI is InChI=1S/C21H21ClO6S/c1-13(2)21(3,25)17-8-5-14(10-19(17)29(26)27)4-6-15-11-16(22)7-9-18(15)28-12-20(23)24/h5,7-11,13,25H,12H2,1-3H3,(H,23,24)(H,26,27). The van der Waals surface area contributed by atoms with Gasteiger partial charge in [-0.05, 0) is 43.2 Å². The number of aliphatic hydroxyl groups is 1. The van der Waals surface area contributed by atoms with Gasteiger partial charge in [0.15, 0.2) is 17.7 Å². The monoisotopic (exact) mass is 436 g/mol. The van der Waals surface area contributed by atoms with Crippen LogP contribution in [0.4, 0.5) is 0 Å². The summed E-state index contributed by atoms with van der Waals surface area (Å²) in [4.78, 5) is 10.8. The minimum absolute atomic E-state index is 0.0731. The van der Waals surface area contributed by atoms with Crippen molar-refractivity contribution in [1.29, 1.82) is 0 Å². The molecule has 0 heterocycles. The van der Waals surface area contributed by atoms with Crippen LogP contribution in [0.25, 0.3) is 0 Å². The summed E-state index contributed by atoms with van der Waals surface area (Å²) >= 11 is 3.67. The van der Waals surface area contributed by atoms with Gasteiger partial charge in [-0.2, -0.15) is 0 Å². The van der Waals surface area contributed by atoms with Crippen LogP contribution in [-0.4, -0.2) is 31.6 Å². The van der Waals surface area contributed by atoms with Crippen LogP contribution in [0.15, 0.2) is 41.3 Å². The maximum Gasteiger partial charge on any atom is 0.341 e. The number of carbonyl (C=O) groups is 1. The van der Waals surface area contributed by atoms with Crippen molar-refractivity contribution < 1.29 is 28.5 Å². The summed E-state index contributed by atoms with van der Waals surface area (Å²) in [6.07, 6.45) is 0. The lowest BCUT2D eigenvalue weighted by molar-refractivity contribution is -0.139. The second-order valence-corrected chi connectivity index (χ2v) is 8.21. The van der Waals surface area contributed by atoms with Crippen LogP contribution in [0.5, 0.6) is 5.75 Å². The van der Waals surface area contributed by atoms with Crippen LogP contribution in [0.2, 0.25) is 5.02 Å². The van der Waals surface area contributed by atoms with E-state index in [0.29, 0.717) is 21.7 Å². The van der Waals surface area contributed by atoms with E-state index in [-0.39, 0.29) is 16.6 Å². The molecule has 0 aliphatic carbocycles. The first-order valence-electron chi connectivity index (χ1n) is 8.66. The quantitative estimate of drug-likeness (QED) is 0.471. The Kier molecular flexibility index (Phi) is 7.44. The van der Waals surface area contributed by atoms with Crippen LogP contribution in [0, 0.1) is 17.8 Å². The Morgan fingerprint density at radius 2 is 1.93 bits per heavy atom. The molecule has 0 spiro atoms. The average Bonchev–Trinajstić information content (AvgIpc) is 2.64. The van der Waals surface area contributed by atoms with Crippen LogP contribution in [0.1, 0.15) is 37.5 Å². The number of halogens is 1. The summed E-state index contributed by atoms with van der Waals surface area (Å²) in [6, 6.07) is 9.27. The maximum atomic E-state index is 11.8. The highest BCUT2D eigenvalue weighted by molar-refractivity contribution is 7.79. The van der Waals surface area contributed by atoms with Crippen molar-refractivity contribution in [2.45, 2.75) is 31.3 Å². The van der Waals surface area contributed by atoms with Crippen molar-refractivity contribution in [3.8, 4) is 17.6 Å². The van der Waals surface area contributed by atoms with Gasteiger partial charge < -0.3 is 19.5 Å². The molecule has 0 radical (unpaired) electrons. The predicted octanol–water partition coefficient (Wildman–Crippen LogP) is 3.65. The molecule has 2 unspecified atom stereocenters. The Hall–Kier alpha value is -2.37. The van der Waals surface area contributed by atoms with Gasteiger partial charge in [-0.3, -0.25) is 0 Å². The third kappa shape index (κ3) is 5.81. The van der Waals surface area contributed by atoms with E-state index in [4.69, 9.17) is 21.4 Å². The van der Waals surface area contributed by atoms with E-state index in [9.17, 15) is 18.7 Å². The zero-order valence-electron chi connectivity index (χ0n) is 16.1. The highest BCUT2D eigenvalue weighted by atomic mass is 35.5. The Morgan fingerprint density at radius 3 is 2.52 bits per heavy atom. The van der Waals surface area contributed by atoms with Crippen molar-refractivity contribution in [2.75, 3.05) is 6.61 Å². The molecule has 0 aliphatic rings. The molecular formula is C21H21ClO6S. The summed E-state index contributed by atoms with van der Waals surface area (Å²) < 4.78 is 26.7. The minimum atomic E-state index is -2.32. The number of carboxylic acids is 1. The van der Waals surface area contributed by atoms with Gasteiger partial charge in [0, 0.05) is 16.1 Å². The van der Waals surface area contributed by atoms with Gasteiger partial charge in [0.1, 0.15) is 5.75 Å². The van der Waals surface area contributed by atoms with Gasteiger partial charge in [0.2, 0.25) is 0 Å². The molecule has 154 valence electrons. The molecule has 2 rings (SSSR count). The molecule has 0 saturated heterocycles. The molecule has 0 saturated carbocycles. The minimum Gasteiger partial charge on any atom is -0.481 e. The third-order valence-corrected chi connectivity index (χ3v) is 5.42. The normalized spacial score (nSPS) is 13.9. The molecule has 6 nitrogen and oxygen atoms in total. The molecular weight excluding hydrogens is 416 g/mol. The molecule has 8 heteroatoms. The van der Waals surface area contributed by atoms with E-state index < -0.39 is 29.3 Å². The summed E-state index contributed by atoms with van der Waals surface area (Å²) in [6.45, 7) is 4.70. The molecule has 2 atom stereocenters. The molecule has 2 aromatic carbocycles. The summed E-state index contributed by atoms with van der Waals surface area (Å²) in [5.41, 5.74) is -0.115.